The number of carbonyl (C=O) groups is 2. The minimum Gasteiger partial charge on any atom is -0.494 e. The number of ether oxygens (including phenoxy) is 1. The average molecular weight is 319 g/mol. The molecule has 2 rings (SSSR count). The molecule has 1 aliphatic heterocycles. The molecule has 126 valence electrons. The highest BCUT2D eigenvalue weighted by atomic mass is 16.5. The monoisotopic (exact) mass is 319 g/mol. The van der Waals surface area contributed by atoms with Crippen molar-refractivity contribution in [1.29, 1.82) is 0 Å². The van der Waals surface area contributed by atoms with Gasteiger partial charge in [-0.1, -0.05) is 18.2 Å². The summed E-state index contributed by atoms with van der Waals surface area (Å²) in [7, 11) is 0. The van der Waals surface area contributed by atoms with Gasteiger partial charge in [-0.25, -0.2) is 0 Å². The molecule has 0 aromatic heterocycles. The average Bonchev–Trinajstić information content (AvgIpc) is 2.72. The Morgan fingerprint density at radius 1 is 1.26 bits per heavy atom. The quantitative estimate of drug-likeness (QED) is 0.873. The first-order chi connectivity index (χ1) is 11.0. The highest BCUT2D eigenvalue weighted by molar-refractivity contribution is 5.79. The zero-order valence-corrected chi connectivity index (χ0v) is 13.8. The molecule has 0 aliphatic carbocycles. The van der Waals surface area contributed by atoms with Crippen LogP contribution in [0.25, 0.3) is 0 Å². The van der Waals surface area contributed by atoms with Gasteiger partial charge >= 0.3 is 0 Å². The third-order valence-corrected chi connectivity index (χ3v) is 4.12. The van der Waals surface area contributed by atoms with Gasteiger partial charge in [-0.2, -0.15) is 0 Å². The summed E-state index contributed by atoms with van der Waals surface area (Å²) in [4.78, 5) is 27.2. The van der Waals surface area contributed by atoms with E-state index in [4.69, 9.17) is 10.5 Å². The van der Waals surface area contributed by atoms with Crippen molar-refractivity contribution in [3.63, 3.8) is 0 Å². The highest BCUT2D eigenvalue weighted by Gasteiger charge is 2.27. The van der Waals surface area contributed by atoms with Crippen molar-refractivity contribution in [2.45, 2.75) is 20.4 Å². The molecule has 0 spiro atoms. The Kier molecular flexibility index (Phi) is 5.98. The number of rotatable bonds is 5. The summed E-state index contributed by atoms with van der Waals surface area (Å²) in [5.41, 5.74) is 6.58. The number of benzene rings is 1. The van der Waals surface area contributed by atoms with E-state index in [1.54, 1.807) is 4.90 Å². The molecule has 0 radical (unpaired) electrons. The van der Waals surface area contributed by atoms with Gasteiger partial charge in [0.15, 0.2) is 0 Å². The topological polar surface area (TPSA) is 75.9 Å². The van der Waals surface area contributed by atoms with Crippen molar-refractivity contribution in [1.82, 2.24) is 9.80 Å². The molecule has 1 fully saturated rings. The Morgan fingerprint density at radius 2 is 2.00 bits per heavy atom. The lowest BCUT2D eigenvalue weighted by molar-refractivity contribution is -0.130. The van der Waals surface area contributed by atoms with E-state index in [1.165, 1.54) is 6.92 Å². The van der Waals surface area contributed by atoms with Crippen molar-refractivity contribution >= 4 is 11.8 Å². The van der Waals surface area contributed by atoms with Crippen molar-refractivity contribution < 1.29 is 14.3 Å². The molecule has 1 aliphatic rings. The van der Waals surface area contributed by atoms with Crippen LogP contribution in [0.1, 0.15) is 19.4 Å². The Bertz CT molecular complexity index is 562. The third-order valence-electron chi connectivity index (χ3n) is 4.12. The largest absolute Gasteiger partial charge is 0.494 e. The molecule has 6 heteroatoms. The van der Waals surface area contributed by atoms with Gasteiger partial charge in [0.2, 0.25) is 11.8 Å². The van der Waals surface area contributed by atoms with E-state index >= 15 is 0 Å². The standard InChI is InChI=1S/C17H25N3O3/c1-3-23-16-7-5-4-6-14(16)10-19-8-9-20(13(2)21)12-15(11-19)17(18)22/h4-7,15H,3,8-12H2,1-2H3,(H2,18,22)/t15-/m0/s1. The molecule has 6 nitrogen and oxygen atoms in total. The second-order valence-electron chi connectivity index (χ2n) is 5.84. The molecule has 1 aromatic rings. The second-order valence-corrected chi connectivity index (χ2v) is 5.84. The summed E-state index contributed by atoms with van der Waals surface area (Å²) in [6.07, 6.45) is 0. The molecule has 1 aromatic carbocycles. The lowest BCUT2D eigenvalue weighted by Crippen LogP contribution is -2.39. The van der Waals surface area contributed by atoms with Gasteiger partial charge < -0.3 is 15.4 Å². The number of carbonyl (C=O) groups excluding carboxylic acids is 2. The van der Waals surface area contributed by atoms with Gasteiger partial charge in [-0.05, 0) is 13.0 Å². The molecule has 1 saturated heterocycles. The molecule has 1 heterocycles. The van der Waals surface area contributed by atoms with Crippen LogP contribution in [0.5, 0.6) is 5.75 Å². The summed E-state index contributed by atoms with van der Waals surface area (Å²) in [5.74, 6) is 0.132. The number of hydrogen-bond acceptors (Lipinski definition) is 4. The first kappa shape index (κ1) is 17.3. The molecule has 2 N–H and O–H groups in total. The Morgan fingerprint density at radius 3 is 2.65 bits per heavy atom. The van der Waals surface area contributed by atoms with Crippen LogP contribution in [0.2, 0.25) is 0 Å². The van der Waals surface area contributed by atoms with E-state index in [-0.39, 0.29) is 17.7 Å². The number of para-hydroxylation sites is 1. The zero-order chi connectivity index (χ0) is 16.8. The van der Waals surface area contributed by atoms with E-state index in [1.807, 2.05) is 31.2 Å². The Hall–Kier alpha value is -2.08. The highest BCUT2D eigenvalue weighted by Crippen LogP contribution is 2.21. The summed E-state index contributed by atoms with van der Waals surface area (Å²) in [5, 5.41) is 0. The van der Waals surface area contributed by atoms with Gasteiger partial charge in [-0.15, -0.1) is 0 Å². The fraction of sp³-hybridized carbons (Fsp3) is 0.529. The van der Waals surface area contributed by atoms with E-state index in [0.717, 1.165) is 11.3 Å². The number of nitrogens with two attached hydrogens (primary N) is 1. The number of primary amides is 1. The van der Waals surface area contributed by atoms with Crippen LogP contribution in [-0.2, 0) is 16.1 Å². The predicted octanol–water partition coefficient (Wildman–Crippen LogP) is 0.851. The van der Waals surface area contributed by atoms with Gasteiger partial charge in [0.1, 0.15) is 5.75 Å². The van der Waals surface area contributed by atoms with Crippen LogP contribution in [0, 0.1) is 5.92 Å². The third kappa shape index (κ3) is 4.69. The van der Waals surface area contributed by atoms with Crippen LogP contribution < -0.4 is 10.5 Å². The van der Waals surface area contributed by atoms with Crippen LogP contribution in [-0.4, -0.2) is 54.4 Å². The maximum atomic E-state index is 11.7. The van der Waals surface area contributed by atoms with Gasteiger partial charge in [0.25, 0.3) is 0 Å². The van der Waals surface area contributed by atoms with Crippen LogP contribution in [0.15, 0.2) is 24.3 Å². The van der Waals surface area contributed by atoms with Gasteiger partial charge in [0.05, 0.1) is 12.5 Å². The minimum atomic E-state index is -0.360. The van der Waals surface area contributed by atoms with Crippen LogP contribution >= 0.6 is 0 Å². The van der Waals surface area contributed by atoms with E-state index < -0.39 is 0 Å². The van der Waals surface area contributed by atoms with Crippen LogP contribution in [0.4, 0.5) is 0 Å². The first-order valence-electron chi connectivity index (χ1n) is 7.99. The normalized spacial score (nSPS) is 19.2. The SMILES string of the molecule is CCOc1ccccc1CN1CCN(C(C)=O)C[C@@H](C(N)=O)C1. The minimum absolute atomic E-state index is 0.0205. The second kappa shape index (κ2) is 7.97. The zero-order valence-electron chi connectivity index (χ0n) is 13.8. The smallest absolute Gasteiger partial charge is 0.223 e. The maximum Gasteiger partial charge on any atom is 0.223 e. The number of amides is 2. The van der Waals surface area contributed by atoms with E-state index in [9.17, 15) is 9.59 Å². The van der Waals surface area contributed by atoms with Gasteiger partial charge in [-0.3, -0.25) is 14.5 Å². The van der Waals surface area contributed by atoms with Crippen LogP contribution in [0.3, 0.4) is 0 Å². The maximum absolute atomic E-state index is 11.7. The Balaban J connectivity index is 2.13. The molecule has 23 heavy (non-hydrogen) atoms. The number of nitrogens with zero attached hydrogens (tertiary/aromatic N) is 2. The predicted molar refractivity (Wildman–Crippen MR) is 87.8 cm³/mol. The van der Waals surface area contributed by atoms with Gasteiger partial charge in [0, 0.05) is 45.2 Å². The Labute approximate surface area is 137 Å². The van der Waals surface area contributed by atoms with Crippen molar-refractivity contribution in [3.8, 4) is 5.75 Å². The fourth-order valence-electron chi connectivity index (χ4n) is 2.86. The molecule has 1 atom stereocenters. The molecule has 0 unspecified atom stereocenters. The summed E-state index contributed by atoms with van der Waals surface area (Å²) >= 11 is 0. The summed E-state index contributed by atoms with van der Waals surface area (Å²) < 4.78 is 5.66. The van der Waals surface area contributed by atoms with E-state index in [0.29, 0.717) is 39.3 Å². The van der Waals surface area contributed by atoms with E-state index in [2.05, 4.69) is 4.90 Å². The lowest BCUT2D eigenvalue weighted by Gasteiger charge is -2.23. The summed E-state index contributed by atoms with van der Waals surface area (Å²) in [6.45, 7) is 7.03. The molecule has 2 amide bonds. The molecular weight excluding hydrogens is 294 g/mol. The van der Waals surface area contributed by atoms with Crippen molar-refractivity contribution in [2.75, 3.05) is 32.8 Å². The lowest BCUT2D eigenvalue weighted by atomic mass is 10.1. The first-order valence-corrected chi connectivity index (χ1v) is 7.99. The molecule has 0 bridgehead atoms. The number of hydrogen-bond donors (Lipinski definition) is 1. The summed E-state index contributed by atoms with van der Waals surface area (Å²) in [6, 6.07) is 7.89. The molecular formula is C17H25N3O3. The fourth-order valence-corrected chi connectivity index (χ4v) is 2.86. The molecule has 0 saturated carbocycles. The van der Waals surface area contributed by atoms with Crippen molar-refractivity contribution in [2.24, 2.45) is 11.7 Å². The van der Waals surface area contributed by atoms with Crippen molar-refractivity contribution in [3.05, 3.63) is 29.8 Å².